The molecule has 0 aliphatic carbocycles. The van der Waals surface area contributed by atoms with Crippen molar-refractivity contribution in [3.05, 3.63) is 23.7 Å². The molecular weight excluding hydrogens is 240 g/mol. The van der Waals surface area contributed by atoms with Gasteiger partial charge < -0.3 is 14.6 Å². The minimum absolute atomic E-state index is 0.0297. The molecule has 1 saturated heterocycles. The highest BCUT2D eigenvalue weighted by Gasteiger charge is 2.17. The number of rotatable bonds is 5. The van der Waals surface area contributed by atoms with Crippen LogP contribution < -0.4 is 5.32 Å². The molecule has 4 heteroatoms. The standard InChI is InChI=1S/C15H24N2O2/c1-12-6-3-4-9-17(12)10-5-8-16-15(18)14-7-11-19-13(14)2/h7,11-12H,3-6,8-10H2,1-2H3,(H,16,18). The lowest BCUT2D eigenvalue weighted by Gasteiger charge is -2.33. The van der Waals surface area contributed by atoms with E-state index in [1.54, 1.807) is 12.3 Å². The number of hydrogen-bond acceptors (Lipinski definition) is 3. The van der Waals surface area contributed by atoms with Gasteiger partial charge in [-0.1, -0.05) is 6.42 Å². The highest BCUT2D eigenvalue weighted by Crippen LogP contribution is 2.16. The first-order valence-corrected chi connectivity index (χ1v) is 7.25. The number of nitrogens with zero attached hydrogens (tertiary/aromatic N) is 1. The van der Waals surface area contributed by atoms with Crippen molar-refractivity contribution in [2.45, 2.75) is 45.6 Å². The number of hydrogen-bond donors (Lipinski definition) is 1. The third-order valence-electron chi connectivity index (χ3n) is 3.95. The van der Waals surface area contributed by atoms with Crippen LogP contribution in [-0.2, 0) is 0 Å². The van der Waals surface area contributed by atoms with Crippen LogP contribution in [0, 0.1) is 6.92 Å². The number of carbonyl (C=O) groups is 1. The lowest BCUT2D eigenvalue weighted by molar-refractivity contribution is 0.0947. The zero-order valence-corrected chi connectivity index (χ0v) is 11.9. The lowest BCUT2D eigenvalue weighted by atomic mass is 10.0. The normalized spacial score (nSPS) is 20.4. The summed E-state index contributed by atoms with van der Waals surface area (Å²) in [4.78, 5) is 14.4. The monoisotopic (exact) mass is 264 g/mol. The molecule has 0 radical (unpaired) electrons. The van der Waals surface area contributed by atoms with Crippen LogP contribution >= 0.6 is 0 Å². The minimum atomic E-state index is -0.0297. The molecule has 1 aliphatic heterocycles. The molecule has 0 aromatic carbocycles. The SMILES string of the molecule is Cc1occc1C(=O)NCCCN1CCCCC1C. The van der Waals surface area contributed by atoms with Crippen molar-refractivity contribution >= 4 is 5.91 Å². The molecule has 1 fully saturated rings. The Balaban J connectivity index is 1.67. The molecule has 1 aromatic rings. The Bertz CT molecular complexity index is 414. The molecule has 19 heavy (non-hydrogen) atoms. The first-order valence-electron chi connectivity index (χ1n) is 7.25. The summed E-state index contributed by atoms with van der Waals surface area (Å²) in [6.07, 6.45) is 6.53. The van der Waals surface area contributed by atoms with Gasteiger partial charge in [0.1, 0.15) is 5.76 Å². The summed E-state index contributed by atoms with van der Waals surface area (Å²) in [6, 6.07) is 2.41. The molecular formula is C15H24N2O2. The minimum Gasteiger partial charge on any atom is -0.469 e. The van der Waals surface area contributed by atoms with Crippen LogP contribution in [0.5, 0.6) is 0 Å². The van der Waals surface area contributed by atoms with Gasteiger partial charge in [-0.25, -0.2) is 0 Å². The van der Waals surface area contributed by atoms with Crippen molar-refractivity contribution in [3.8, 4) is 0 Å². The number of aryl methyl sites for hydroxylation is 1. The molecule has 0 spiro atoms. The Hall–Kier alpha value is -1.29. The molecule has 0 saturated carbocycles. The third-order valence-corrected chi connectivity index (χ3v) is 3.95. The Labute approximate surface area is 115 Å². The average molecular weight is 264 g/mol. The zero-order valence-electron chi connectivity index (χ0n) is 11.9. The molecule has 1 aromatic heterocycles. The number of furan rings is 1. The van der Waals surface area contributed by atoms with Gasteiger partial charge in [-0.2, -0.15) is 0 Å². The summed E-state index contributed by atoms with van der Waals surface area (Å²) < 4.78 is 5.13. The number of carbonyl (C=O) groups excluding carboxylic acids is 1. The van der Waals surface area contributed by atoms with E-state index in [1.807, 2.05) is 6.92 Å². The number of likely N-dealkylation sites (tertiary alicyclic amines) is 1. The molecule has 1 aliphatic rings. The Morgan fingerprint density at radius 1 is 1.53 bits per heavy atom. The Morgan fingerprint density at radius 3 is 3.05 bits per heavy atom. The first kappa shape index (κ1) is 14.1. The molecule has 1 unspecified atom stereocenters. The van der Waals surface area contributed by atoms with Gasteiger partial charge in [-0.3, -0.25) is 4.79 Å². The third kappa shape index (κ3) is 3.83. The summed E-state index contributed by atoms with van der Waals surface area (Å²) in [5, 5.41) is 2.95. The van der Waals surface area contributed by atoms with E-state index in [9.17, 15) is 4.79 Å². The number of nitrogens with one attached hydrogen (secondary N) is 1. The molecule has 2 heterocycles. The van der Waals surface area contributed by atoms with Crippen LogP contribution in [0.1, 0.15) is 48.7 Å². The van der Waals surface area contributed by atoms with Crippen LogP contribution in [0.4, 0.5) is 0 Å². The van der Waals surface area contributed by atoms with Crippen molar-refractivity contribution in [2.24, 2.45) is 0 Å². The van der Waals surface area contributed by atoms with Gasteiger partial charge >= 0.3 is 0 Å². The van der Waals surface area contributed by atoms with Crippen LogP contribution in [0.15, 0.2) is 16.7 Å². The van der Waals surface area contributed by atoms with Crippen molar-refractivity contribution < 1.29 is 9.21 Å². The Morgan fingerprint density at radius 2 is 2.37 bits per heavy atom. The fraction of sp³-hybridized carbons (Fsp3) is 0.667. The maximum Gasteiger partial charge on any atom is 0.254 e. The van der Waals surface area contributed by atoms with Gasteiger partial charge in [-0.05, 0) is 45.7 Å². The smallest absolute Gasteiger partial charge is 0.254 e. The van der Waals surface area contributed by atoms with Crippen molar-refractivity contribution in [3.63, 3.8) is 0 Å². The average Bonchev–Trinajstić information content (AvgIpc) is 2.82. The second-order valence-corrected chi connectivity index (χ2v) is 5.38. The van der Waals surface area contributed by atoms with Gasteiger partial charge in [0.15, 0.2) is 0 Å². The molecule has 1 atom stereocenters. The van der Waals surface area contributed by atoms with E-state index in [0.29, 0.717) is 17.4 Å². The molecule has 4 nitrogen and oxygen atoms in total. The second kappa shape index (κ2) is 6.75. The fourth-order valence-corrected chi connectivity index (χ4v) is 2.69. The topological polar surface area (TPSA) is 45.5 Å². The summed E-state index contributed by atoms with van der Waals surface area (Å²) in [7, 11) is 0. The quantitative estimate of drug-likeness (QED) is 0.831. The first-order chi connectivity index (χ1) is 9.18. The summed E-state index contributed by atoms with van der Waals surface area (Å²) in [5.41, 5.74) is 0.645. The van der Waals surface area contributed by atoms with Crippen molar-refractivity contribution in [1.82, 2.24) is 10.2 Å². The van der Waals surface area contributed by atoms with Crippen LogP contribution in [0.25, 0.3) is 0 Å². The van der Waals surface area contributed by atoms with E-state index in [0.717, 1.165) is 19.5 Å². The highest BCUT2D eigenvalue weighted by atomic mass is 16.3. The van der Waals surface area contributed by atoms with E-state index in [2.05, 4.69) is 17.1 Å². The van der Waals surface area contributed by atoms with Crippen molar-refractivity contribution in [1.29, 1.82) is 0 Å². The number of amides is 1. The van der Waals surface area contributed by atoms with Crippen LogP contribution in [0.3, 0.4) is 0 Å². The fourth-order valence-electron chi connectivity index (χ4n) is 2.69. The summed E-state index contributed by atoms with van der Waals surface area (Å²) in [5.74, 6) is 0.653. The summed E-state index contributed by atoms with van der Waals surface area (Å²) in [6.45, 7) is 7.12. The molecule has 106 valence electrons. The molecule has 2 rings (SSSR count). The van der Waals surface area contributed by atoms with Gasteiger partial charge in [0.2, 0.25) is 0 Å². The molecule has 1 amide bonds. The lowest BCUT2D eigenvalue weighted by Crippen LogP contribution is -2.39. The van der Waals surface area contributed by atoms with E-state index in [-0.39, 0.29) is 5.91 Å². The molecule has 0 bridgehead atoms. The van der Waals surface area contributed by atoms with Crippen LogP contribution in [-0.4, -0.2) is 36.5 Å². The maximum atomic E-state index is 11.9. The Kier molecular flexibility index (Phi) is 5.02. The van der Waals surface area contributed by atoms with Gasteiger partial charge in [-0.15, -0.1) is 0 Å². The van der Waals surface area contributed by atoms with Crippen molar-refractivity contribution in [2.75, 3.05) is 19.6 Å². The second-order valence-electron chi connectivity index (χ2n) is 5.38. The maximum absolute atomic E-state index is 11.9. The van der Waals surface area contributed by atoms with Gasteiger partial charge in [0, 0.05) is 19.1 Å². The predicted molar refractivity (Wildman–Crippen MR) is 75.3 cm³/mol. The van der Waals surface area contributed by atoms with E-state index in [4.69, 9.17) is 4.42 Å². The predicted octanol–water partition coefficient (Wildman–Crippen LogP) is 2.58. The van der Waals surface area contributed by atoms with E-state index < -0.39 is 0 Å². The highest BCUT2D eigenvalue weighted by molar-refractivity contribution is 5.94. The molecule has 1 N–H and O–H groups in total. The van der Waals surface area contributed by atoms with Gasteiger partial charge in [0.25, 0.3) is 5.91 Å². The zero-order chi connectivity index (χ0) is 13.7. The van der Waals surface area contributed by atoms with E-state index in [1.165, 1.54) is 25.8 Å². The largest absolute Gasteiger partial charge is 0.469 e. The number of piperidine rings is 1. The summed E-state index contributed by atoms with van der Waals surface area (Å²) >= 11 is 0. The van der Waals surface area contributed by atoms with E-state index >= 15 is 0 Å². The van der Waals surface area contributed by atoms with Gasteiger partial charge in [0.05, 0.1) is 11.8 Å². The van der Waals surface area contributed by atoms with Crippen LogP contribution in [0.2, 0.25) is 0 Å².